The molecule has 0 aliphatic heterocycles. The van der Waals surface area contributed by atoms with Gasteiger partial charge in [-0.15, -0.1) is 0 Å². The van der Waals surface area contributed by atoms with Gasteiger partial charge in [0, 0.05) is 27.9 Å². The van der Waals surface area contributed by atoms with Crippen molar-refractivity contribution in [1.82, 2.24) is 9.97 Å². The van der Waals surface area contributed by atoms with Crippen LogP contribution in [0.25, 0.3) is 22.2 Å². The molecule has 0 radical (unpaired) electrons. The number of anilines is 2. The molecule has 0 bridgehead atoms. The van der Waals surface area contributed by atoms with E-state index in [9.17, 15) is 0 Å². The molecule has 0 atom stereocenters. The van der Waals surface area contributed by atoms with E-state index in [0.29, 0.717) is 11.5 Å². The van der Waals surface area contributed by atoms with Gasteiger partial charge >= 0.3 is 0 Å². The van der Waals surface area contributed by atoms with E-state index >= 15 is 0 Å². The lowest BCUT2D eigenvalue weighted by Crippen LogP contribution is -2.05. The number of rotatable bonds is 8. The highest BCUT2D eigenvalue weighted by Crippen LogP contribution is 2.30. The van der Waals surface area contributed by atoms with Crippen molar-refractivity contribution in [2.75, 3.05) is 5.32 Å². The van der Waals surface area contributed by atoms with Crippen LogP contribution >= 0.6 is 0 Å². The Labute approximate surface area is 184 Å². The molecule has 0 unspecified atom stereocenters. The molecule has 0 fully saturated rings. The topological polar surface area (TPSA) is 63.8 Å². The molecule has 31 heavy (non-hydrogen) atoms. The molecule has 1 heterocycles. The maximum atomic E-state index is 6.02. The number of allylic oxidation sites excluding steroid dienone is 5. The number of nitrogens with one attached hydrogen (secondary N) is 1. The Morgan fingerprint density at radius 2 is 1.90 bits per heavy atom. The average molecular weight is 411 g/mol. The van der Waals surface area contributed by atoms with E-state index in [1.54, 1.807) is 0 Å². The number of hydrogen-bond donors (Lipinski definition) is 2. The third-order valence-corrected chi connectivity index (χ3v) is 5.28. The van der Waals surface area contributed by atoms with Crippen LogP contribution in [0.3, 0.4) is 0 Å². The molecular formula is C27H30N4. The van der Waals surface area contributed by atoms with E-state index in [0.717, 1.165) is 52.0 Å². The minimum absolute atomic E-state index is 0.506. The van der Waals surface area contributed by atoms with E-state index in [1.165, 1.54) is 5.56 Å². The van der Waals surface area contributed by atoms with Crippen LogP contribution in [0.15, 0.2) is 79.4 Å². The summed E-state index contributed by atoms with van der Waals surface area (Å²) < 4.78 is 0. The standard InChI is InChI=1S/C27H30N4/c1-6-19(7-2)16-21(9-4)26-29-25-15-14-20(8-3)17-23(25)27(31-26)30-24-13-11-10-12-22(24)18(5)28/h6,9-17H,1,5,7-8,28H2,2-4H3,(H,29,30,31)/b19-16+,21-9+. The van der Waals surface area contributed by atoms with Crippen molar-refractivity contribution in [2.24, 2.45) is 5.73 Å². The number of nitrogens with two attached hydrogens (primary N) is 1. The van der Waals surface area contributed by atoms with Crippen molar-refractivity contribution < 1.29 is 0 Å². The van der Waals surface area contributed by atoms with E-state index in [2.05, 4.69) is 56.6 Å². The van der Waals surface area contributed by atoms with Crippen LogP contribution in [0.5, 0.6) is 0 Å². The van der Waals surface area contributed by atoms with E-state index in [1.807, 2.05) is 43.3 Å². The Bertz CT molecular complexity index is 1190. The number of benzene rings is 2. The Morgan fingerprint density at radius 3 is 2.55 bits per heavy atom. The van der Waals surface area contributed by atoms with Crippen molar-refractivity contribution in [3.63, 3.8) is 0 Å². The lowest BCUT2D eigenvalue weighted by molar-refractivity contribution is 1.12. The van der Waals surface area contributed by atoms with Crippen molar-refractivity contribution in [2.45, 2.75) is 33.6 Å². The van der Waals surface area contributed by atoms with Gasteiger partial charge in [0.05, 0.1) is 5.52 Å². The fourth-order valence-electron chi connectivity index (χ4n) is 3.40. The first-order valence-electron chi connectivity index (χ1n) is 10.6. The molecule has 3 rings (SSSR count). The molecule has 2 aromatic carbocycles. The lowest BCUT2D eigenvalue weighted by atomic mass is 10.1. The molecule has 158 valence electrons. The number of aromatic nitrogens is 2. The van der Waals surface area contributed by atoms with Gasteiger partial charge in [-0.05, 0) is 55.2 Å². The summed E-state index contributed by atoms with van der Waals surface area (Å²) in [5.74, 6) is 1.41. The summed E-state index contributed by atoms with van der Waals surface area (Å²) >= 11 is 0. The third-order valence-electron chi connectivity index (χ3n) is 5.28. The van der Waals surface area contributed by atoms with Gasteiger partial charge in [0.2, 0.25) is 0 Å². The second-order valence-electron chi connectivity index (χ2n) is 7.32. The summed E-state index contributed by atoms with van der Waals surface area (Å²) in [6.07, 6.45) is 7.83. The van der Waals surface area contributed by atoms with Gasteiger partial charge in [0.15, 0.2) is 5.82 Å². The average Bonchev–Trinajstić information content (AvgIpc) is 2.79. The molecule has 0 amide bonds. The van der Waals surface area contributed by atoms with Crippen LogP contribution in [0, 0.1) is 0 Å². The second kappa shape index (κ2) is 9.90. The summed E-state index contributed by atoms with van der Waals surface area (Å²) in [7, 11) is 0. The largest absolute Gasteiger partial charge is 0.399 e. The van der Waals surface area contributed by atoms with Crippen LogP contribution in [0.1, 0.15) is 44.1 Å². The van der Waals surface area contributed by atoms with Gasteiger partial charge in [-0.2, -0.15) is 0 Å². The molecule has 0 saturated carbocycles. The second-order valence-corrected chi connectivity index (χ2v) is 7.32. The zero-order valence-corrected chi connectivity index (χ0v) is 18.6. The van der Waals surface area contributed by atoms with Gasteiger partial charge in [-0.3, -0.25) is 0 Å². The molecule has 3 aromatic rings. The van der Waals surface area contributed by atoms with Crippen LogP contribution in [0.2, 0.25) is 0 Å². The zero-order chi connectivity index (χ0) is 22.4. The number of para-hydroxylation sites is 1. The summed E-state index contributed by atoms with van der Waals surface area (Å²) in [4.78, 5) is 9.79. The lowest BCUT2D eigenvalue weighted by Gasteiger charge is -2.15. The Hall–Kier alpha value is -3.66. The van der Waals surface area contributed by atoms with Gasteiger partial charge < -0.3 is 11.1 Å². The van der Waals surface area contributed by atoms with Gasteiger partial charge in [-0.25, -0.2) is 9.97 Å². The first-order chi connectivity index (χ1) is 15.0. The van der Waals surface area contributed by atoms with E-state index in [-0.39, 0.29) is 0 Å². The Morgan fingerprint density at radius 1 is 1.13 bits per heavy atom. The zero-order valence-electron chi connectivity index (χ0n) is 18.6. The predicted molar refractivity (Wildman–Crippen MR) is 134 cm³/mol. The predicted octanol–water partition coefficient (Wildman–Crippen LogP) is 6.79. The van der Waals surface area contributed by atoms with Gasteiger partial charge in [0.1, 0.15) is 5.82 Å². The molecule has 0 aliphatic rings. The highest BCUT2D eigenvalue weighted by molar-refractivity contribution is 5.94. The maximum absolute atomic E-state index is 6.02. The number of aryl methyl sites for hydroxylation is 1. The fraction of sp³-hybridized carbons (Fsp3) is 0.185. The van der Waals surface area contributed by atoms with Crippen molar-refractivity contribution in [3.05, 3.63) is 96.4 Å². The normalized spacial score (nSPS) is 12.1. The first kappa shape index (κ1) is 22.0. The Balaban J connectivity index is 2.22. The summed E-state index contributed by atoms with van der Waals surface area (Å²) in [6.45, 7) is 14.1. The maximum Gasteiger partial charge on any atom is 0.161 e. The summed E-state index contributed by atoms with van der Waals surface area (Å²) in [5.41, 5.74) is 12.5. The number of nitrogens with zero attached hydrogens (tertiary/aromatic N) is 2. The van der Waals surface area contributed by atoms with Crippen LogP contribution < -0.4 is 11.1 Å². The summed E-state index contributed by atoms with van der Waals surface area (Å²) in [6, 6.07) is 14.2. The highest BCUT2D eigenvalue weighted by atomic mass is 15.0. The van der Waals surface area contributed by atoms with Crippen LogP contribution in [0.4, 0.5) is 11.5 Å². The number of hydrogen-bond acceptors (Lipinski definition) is 4. The molecule has 4 nitrogen and oxygen atoms in total. The van der Waals surface area contributed by atoms with Crippen molar-refractivity contribution in [1.29, 1.82) is 0 Å². The molecule has 0 aliphatic carbocycles. The number of fused-ring (bicyclic) bond motifs is 1. The fourth-order valence-corrected chi connectivity index (χ4v) is 3.40. The van der Waals surface area contributed by atoms with Crippen molar-refractivity contribution in [3.8, 4) is 0 Å². The molecule has 0 saturated heterocycles. The van der Waals surface area contributed by atoms with Crippen LogP contribution in [-0.4, -0.2) is 9.97 Å². The van der Waals surface area contributed by atoms with E-state index in [4.69, 9.17) is 15.7 Å². The first-order valence-corrected chi connectivity index (χ1v) is 10.6. The minimum atomic E-state index is 0.506. The monoisotopic (exact) mass is 410 g/mol. The molecule has 3 N–H and O–H groups in total. The Kier molecular flexibility index (Phi) is 7.03. The van der Waals surface area contributed by atoms with Crippen molar-refractivity contribution >= 4 is 33.7 Å². The molecular weight excluding hydrogens is 380 g/mol. The SMILES string of the molecule is C=C/C(=C\C(=C/C)c1nc(Nc2ccccc2C(=C)N)c2cc(CC)ccc2n1)CC. The minimum Gasteiger partial charge on any atom is -0.399 e. The molecule has 1 aromatic heterocycles. The highest BCUT2D eigenvalue weighted by Gasteiger charge is 2.13. The van der Waals surface area contributed by atoms with E-state index < -0.39 is 0 Å². The van der Waals surface area contributed by atoms with Gasteiger partial charge in [0.25, 0.3) is 0 Å². The quantitative estimate of drug-likeness (QED) is 0.401. The molecule has 0 spiro atoms. The molecule has 4 heteroatoms. The third kappa shape index (κ3) is 4.92. The van der Waals surface area contributed by atoms with Gasteiger partial charge in [-0.1, -0.05) is 63.4 Å². The smallest absolute Gasteiger partial charge is 0.161 e. The van der Waals surface area contributed by atoms with Crippen LogP contribution in [-0.2, 0) is 6.42 Å². The summed E-state index contributed by atoms with van der Waals surface area (Å²) in [5, 5.41) is 4.46.